The number of fused-ring (bicyclic) bond motifs is 1. The average Bonchev–Trinajstić information content (AvgIpc) is 3.02. The van der Waals surface area contributed by atoms with Crippen LogP contribution < -0.4 is 11.3 Å². The smallest absolute Gasteiger partial charge is 0.244 e. The Labute approximate surface area is 111 Å². The van der Waals surface area contributed by atoms with E-state index in [0.29, 0.717) is 5.89 Å². The van der Waals surface area contributed by atoms with Crippen molar-refractivity contribution in [2.24, 2.45) is 5.84 Å². The summed E-state index contributed by atoms with van der Waals surface area (Å²) < 4.78 is 5.55. The van der Waals surface area contributed by atoms with Crippen LogP contribution in [0.2, 0.25) is 0 Å². The number of hydrogen-bond acceptors (Lipinski definition) is 4. The van der Waals surface area contributed by atoms with Crippen LogP contribution in [0.15, 0.2) is 22.6 Å². The normalized spacial score (nSPS) is 17.8. The Balaban J connectivity index is 2.12. The lowest BCUT2D eigenvalue weighted by atomic mass is 9.78. The maximum atomic E-state index is 12.2. The minimum Gasteiger partial charge on any atom is -0.441 e. The van der Waals surface area contributed by atoms with Gasteiger partial charge in [0.25, 0.3) is 0 Å². The van der Waals surface area contributed by atoms with E-state index in [2.05, 4.69) is 10.4 Å². The molecule has 19 heavy (non-hydrogen) atoms. The molecule has 0 atom stereocenters. The van der Waals surface area contributed by atoms with Gasteiger partial charge in [-0.3, -0.25) is 10.2 Å². The third-order valence-corrected chi connectivity index (χ3v) is 4.07. The number of rotatable bonds is 2. The second kappa shape index (κ2) is 4.35. The number of nitrogens with one attached hydrogen (secondary N) is 1. The molecule has 100 valence electrons. The molecule has 1 aliphatic rings. The van der Waals surface area contributed by atoms with E-state index in [1.54, 1.807) is 0 Å². The van der Waals surface area contributed by atoms with E-state index >= 15 is 0 Å². The SMILES string of the molecule is Cc1nc2ccc(C3(C(=O)NN)CCCC3)cc2o1. The molecule has 0 bridgehead atoms. The van der Waals surface area contributed by atoms with Crippen LogP contribution in [0.4, 0.5) is 0 Å². The van der Waals surface area contributed by atoms with Gasteiger partial charge < -0.3 is 4.42 Å². The van der Waals surface area contributed by atoms with Crippen LogP contribution in [0.25, 0.3) is 11.1 Å². The number of benzene rings is 1. The van der Waals surface area contributed by atoms with Gasteiger partial charge in [-0.15, -0.1) is 0 Å². The molecule has 1 aromatic carbocycles. The van der Waals surface area contributed by atoms with Crippen molar-refractivity contribution >= 4 is 17.0 Å². The van der Waals surface area contributed by atoms with Crippen molar-refractivity contribution in [2.45, 2.75) is 38.0 Å². The van der Waals surface area contributed by atoms with Crippen molar-refractivity contribution in [1.82, 2.24) is 10.4 Å². The van der Waals surface area contributed by atoms with Crippen LogP contribution in [0, 0.1) is 6.92 Å². The summed E-state index contributed by atoms with van der Waals surface area (Å²) in [5.74, 6) is 5.88. The first-order valence-corrected chi connectivity index (χ1v) is 6.54. The molecule has 2 aromatic rings. The van der Waals surface area contributed by atoms with E-state index in [9.17, 15) is 4.79 Å². The maximum absolute atomic E-state index is 12.2. The number of hydrogen-bond donors (Lipinski definition) is 2. The highest BCUT2D eigenvalue weighted by Gasteiger charge is 2.42. The number of nitrogens with two attached hydrogens (primary N) is 1. The highest BCUT2D eigenvalue weighted by atomic mass is 16.3. The fourth-order valence-electron chi connectivity index (χ4n) is 3.10. The Morgan fingerprint density at radius 1 is 1.42 bits per heavy atom. The van der Waals surface area contributed by atoms with Gasteiger partial charge in [-0.1, -0.05) is 18.9 Å². The zero-order valence-corrected chi connectivity index (χ0v) is 10.9. The minimum atomic E-state index is -0.510. The third-order valence-electron chi connectivity index (χ3n) is 4.07. The Bertz CT molecular complexity index is 627. The third kappa shape index (κ3) is 1.81. The van der Waals surface area contributed by atoms with Crippen molar-refractivity contribution in [3.05, 3.63) is 29.7 Å². The molecule has 0 aliphatic heterocycles. The molecule has 1 saturated carbocycles. The lowest BCUT2D eigenvalue weighted by Crippen LogP contribution is -2.45. The molecule has 5 heteroatoms. The number of carbonyl (C=O) groups is 1. The number of oxazole rings is 1. The molecule has 0 radical (unpaired) electrons. The summed E-state index contributed by atoms with van der Waals surface area (Å²) in [5, 5.41) is 0. The first-order chi connectivity index (χ1) is 9.15. The van der Waals surface area contributed by atoms with Crippen LogP contribution in [-0.2, 0) is 10.2 Å². The molecule has 0 unspecified atom stereocenters. The Kier molecular flexibility index (Phi) is 2.78. The predicted molar refractivity (Wildman–Crippen MR) is 71.2 cm³/mol. The van der Waals surface area contributed by atoms with Gasteiger partial charge in [0, 0.05) is 6.92 Å². The van der Waals surface area contributed by atoms with Crippen molar-refractivity contribution in [1.29, 1.82) is 0 Å². The van der Waals surface area contributed by atoms with E-state index in [-0.39, 0.29) is 5.91 Å². The van der Waals surface area contributed by atoms with Crippen LogP contribution in [-0.4, -0.2) is 10.9 Å². The number of nitrogens with zero attached hydrogens (tertiary/aromatic N) is 1. The van der Waals surface area contributed by atoms with Crippen molar-refractivity contribution in [3.63, 3.8) is 0 Å². The molecule has 1 fully saturated rings. The van der Waals surface area contributed by atoms with Crippen molar-refractivity contribution < 1.29 is 9.21 Å². The summed E-state index contributed by atoms with van der Waals surface area (Å²) in [5.41, 5.74) is 4.32. The number of aryl methyl sites for hydroxylation is 1. The molecule has 1 aliphatic carbocycles. The van der Waals surface area contributed by atoms with Crippen LogP contribution in [0.3, 0.4) is 0 Å². The highest BCUT2D eigenvalue weighted by molar-refractivity contribution is 5.89. The van der Waals surface area contributed by atoms with Gasteiger partial charge in [0.15, 0.2) is 11.5 Å². The summed E-state index contributed by atoms with van der Waals surface area (Å²) in [6, 6.07) is 5.80. The van der Waals surface area contributed by atoms with Gasteiger partial charge in [-0.05, 0) is 30.5 Å². The number of carbonyl (C=O) groups excluding carboxylic acids is 1. The topological polar surface area (TPSA) is 81.2 Å². The quantitative estimate of drug-likeness (QED) is 0.490. The second-order valence-corrected chi connectivity index (χ2v) is 5.18. The summed E-state index contributed by atoms with van der Waals surface area (Å²) in [7, 11) is 0. The molecule has 1 amide bonds. The van der Waals surface area contributed by atoms with E-state index < -0.39 is 5.41 Å². The molecule has 3 rings (SSSR count). The summed E-state index contributed by atoms with van der Waals surface area (Å²) in [6.07, 6.45) is 3.74. The molecule has 0 saturated heterocycles. The fraction of sp³-hybridized carbons (Fsp3) is 0.429. The molecule has 0 spiro atoms. The largest absolute Gasteiger partial charge is 0.441 e. The molecular weight excluding hydrogens is 242 g/mol. The highest BCUT2D eigenvalue weighted by Crippen LogP contribution is 2.42. The first kappa shape index (κ1) is 12.2. The Morgan fingerprint density at radius 2 is 2.16 bits per heavy atom. The summed E-state index contributed by atoms with van der Waals surface area (Å²) in [4.78, 5) is 16.5. The van der Waals surface area contributed by atoms with Gasteiger partial charge in [-0.25, -0.2) is 10.8 Å². The molecule has 3 N–H and O–H groups in total. The maximum Gasteiger partial charge on any atom is 0.244 e. The summed E-state index contributed by atoms with van der Waals surface area (Å²) in [6.45, 7) is 1.82. The van der Waals surface area contributed by atoms with Crippen molar-refractivity contribution in [3.8, 4) is 0 Å². The fourth-order valence-corrected chi connectivity index (χ4v) is 3.10. The number of aromatic nitrogens is 1. The van der Waals surface area contributed by atoms with Crippen molar-refractivity contribution in [2.75, 3.05) is 0 Å². The van der Waals surface area contributed by atoms with Gasteiger partial charge in [0.2, 0.25) is 5.91 Å². The minimum absolute atomic E-state index is 0.111. The van der Waals surface area contributed by atoms with Crippen LogP contribution in [0.1, 0.15) is 37.1 Å². The second-order valence-electron chi connectivity index (χ2n) is 5.18. The van der Waals surface area contributed by atoms with Crippen LogP contribution in [0.5, 0.6) is 0 Å². The van der Waals surface area contributed by atoms with Gasteiger partial charge in [0.1, 0.15) is 5.52 Å². The zero-order chi connectivity index (χ0) is 13.5. The lowest BCUT2D eigenvalue weighted by molar-refractivity contribution is -0.126. The number of hydrazine groups is 1. The molecule has 1 heterocycles. The predicted octanol–water partition coefficient (Wildman–Crippen LogP) is 1.94. The Hall–Kier alpha value is -1.88. The number of amides is 1. The van der Waals surface area contributed by atoms with Gasteiger partial charge in [0.05, 0.1) is 5.41 Å². The van der Waals surface area contributed by atoms with Crippen LogP contribution >= 0.6 is 0 Å². The molecular formula is C14H17N3O2. The average molecular weight is 259 g/mol. The summed E-state index contributed by atoms with van der Waals surface area (Å²) >= 11 is 0. The van der Waals surface area contributed by atoms with E-state index in [1.165, 1.54) is 0 Å². The first-order valence-electron chi connectivity index (χ1n) is 6.54. The monoisotopic (exact) mass is 259 g/mol. The van der Waals surface area contributed by atoms with Gasteiger partial charge >= 0.3 is 0 Å². The molecule has 1 aromatic heterocycles. The lowest BCUT2D eigenvalue weighted by Gasteiger charge is -2.27. The van der Waals surface area contributed by atoms with E-state index in [4.69, 9.17) is 10.3 Å². The van der Waals surface area contributed by atoms with E-state index in [1.807, 2.05) is 25.1 Å². The standard InChI is InChI=1S/C14H17N3O2/c1-9-16-11-5-4-10(8-12(11)19-9)14(13(18)17-15)6-2-3-7-14/h4-5,8H,2-3,6-7,15H2,1H3,(H,17,18). The molecule has 5 nitrogen and oxygen atoms in total. The van der Waals surface area contributed by atoms with E-state index in [0.717, 1.165) is 42.3 Å². The zero-order valence-electron chi connectivity index (χ0n) is 10.9. The Morgan fingerprint density at radius 3 is 2.84 bits per heavy atom. The van der Waals surface area contributed by atoms with Gasteiger partial charge in [-0.2, -0.15) is 0 Å².